The topological polar surface area (TPSA) is 131 Å². The number of hydrogen-bond donors (Lipinski definition) is 2. The van der Waals surface area contributed by atoms with Crippen LogP contribution in [0.25, 0.3) is 11.0 Å². The first-order chi connectivity index (χ1) is 12.8. The SMILES string of the molecule is CC(=O)C[C@@H](c1ccc([N+](=O)[O-])cc1)c1c(O)c2cc(O)ccc2oc1=O. The van der Waals surface area contributed by atoms with Crippen LogP contribution in [0.5, 0.6) is 11.5 Å². The zero-order valence-electron chi connectivity index (χ0n) is 14.2. The number of nitro benzene ring substituents is 1. The number of carbonyl (C=O) groups excluding carboxylic acids is 1. The number of nitro groups is 1. The third-order valence-electron chi connectivity index (χ3n) is 4.24. The number of fused-ring (bicyclic) bond motifs is 1. The molecule has 138 valence electrons. The number of rotatable bonds is 5. The molecule has 0 saturated heterocycles. The molecule has 0 spiro atoms. The highest BCUT2D eigenvalue weighted by Crippen LogP contribution is 2.37. The third kappa shape index (κ3) is 3.50. The molecule has 3 rings (SSSR count). The van der Waals surface area contributed by atoms with Crippen LogP contribution in [0.4, 0.5) is 5.69 Å². The Balaban J connectivity index is 2.22. The predicted octanol–water partition coefficient (Wildman–Crippen LogP) is 3.22. The molecule has 1 heterocycles. The summed E-state index contributed by atoms with van der Waals surface area (Å²) >= 11 is 0. The molecule has 2 aromatic carbocycles. The van der Waals surface area contributed by atoms with Crippen LogP contribution >= 0.6 is 0 Å². The molecular weight excluding hydrogens is 354 g/mol. The minimum Gasteiger partial charge on any atom is -0.508 e. The summed E-state index contributed by atoms with van der Waals surface area (Å²) in [6.45, 7) is 1.34. The fourth-order valence-electron chi connectivity index (χ4n) is 3.00. The van der Waals surface area contributed by atoms with Gasteiger partial charge in [0.25, 0.3) is 5.69 Å². The molecule has 8 heteroatoms. The van der Waals surface area contributed by atoms with Gasteiger partial charge in [-0.25, -0.2) is 4.79 Å². The van der Waals surface area contributed by atoms with Gasteiger partial charge in [-0.1, -0.05) is 12.1 Å². The van der Waals surface area contributed by atoms with E-state index in [4.69, 9.17) is 4.42 Å². The number of hydrogen-bond acceptors (Lipinski definition) is 7. The summed E-state index contributed by atoms with van der Waals surface area (Å²) in [6.07, 6.45) is -0.111. The van der Waals surface area contributed by atoms with Crippen molar-refractivity contribution in [3.05, 3.63) is 74.1 Å². The van der Waals surface area contributed by atoms with Crippen LogP contribution in [0.1, 0.15) is 30.4 Å². The van der Waals surface area contributed by atoms with Crippen LogP contribution in [-0.2, 0) is 4.79 Å². The van der Waals surface area contributed by atoms with Gasteiger partial charge in [-0.2, -0.15) is 0 Å². The maximum absolute atomic E-state index is 12.5. The van der Waals surface area contributed by atoms with E-state index in [9.17, 15) is 29.9 Å². The van der Waals surface area contributed by atoms with Gasteiger partial charge in [-0.05, 0) is 30.7 Å². The lowest BCUT2D eigenvalue weighted by Gasteiger charge is -2.17. The zero-order chi connectivity index (χ0) is 19.7. The Labute approximate surface area is 152 Å². The van der Waals surface area contributed by atoms with Gasteiger partial charge in [0.05, 0.1) is 15.9 Å². The highest BCUT2D eigenvalue weighted by molar-refractivity contribution is 5.86. The second-order valence-electron chi connectivity index (χ2n) is 6.14. The van der Waals surface area contributed by atoms with Crippen molar-refractivity contribution in [3.63, 3.8) is 0 Å². The molecular formula is C19H15NO7. The van der Waals surface area contributed by atoms with Crippen molar-refractivity contribution in [3.8, 4) is 11.5 Å². The zero-order valence-corrected chi connectivity index (χ0v) is 14.2. The highest BCUT2D eigenvalue weighted by atomic mass is 16.6. The Morgan fingerprint density at radius 1 is 1.19 bits per heavy atom. The van der Waals surface area contributed by atoms with Crippen LogP contribution in [0.15, 0.2) is 51.7 Å². The quantitative estimate of drug-likeness (QED) is 0.401. The van der Waals surface area contributed by atoms with Gasteiger partial charge in [0.2, 0.25) is 0 Å². The standard InChI is InChI=1S/C19H15NO7/c1-10(21)8-14(11-2-4-12(5-3-11)20(25)26)17-18(23)15-9-13(22)6-7-16(15)27-19(17)24/h2-7,9,14,22-23H,8H2,1H3/t14-/m0/s1. The van der Waals surface area contributed by atoms with Crippen molar-refractivity contribution in [1.29, 1.82) is 0 Å². The summed E-state index contributed by atoms with van der Waals surface area (Å²) in [7, 11) is 0. The molecule has 0 fully saturated rings. The minimum absolute atomic E-state index is 0.0873. The van der Waals surface area contributed by atoms with Crippen molar-refractivity contribution in [2.45, 2.75) is 19.3 Å². The minimum atomic E-state index is -0.855. The van der Waals surface area contributed by atoms with E-state index in [0.29, 0.717) is 5.56 Å². The van der Waals surface area contributed by atoms with E-state index < -0.39 is 22.2 Å². The number of aromatic hydroxyl groups is 2. The van der Waals surface area contributed by atoms with Crippen molar-refractivity contribution < 1.29 is 24.3 Å². The molecule has 0 unspecified atom stereocenters. The lowest BCUT2D eigenvalue weighted by molar-refractivity contribution is -0.384. The summed E-state index contributed by atoms with van der Waals surface area (Å²) in [6, 6.07) is 9.28. The number of Topliss-reactive ketones (excluding diaryl/α,β-unsaturated/α-hetero) is 1. The first-order valence-corrected chi connectivity index (χ1v) is 8.00. The molecule has 27 heavy (non-hydrogen) atoms. The molecule has 0 aliphatic carbocycles. The number of ketones is 1. The van der Waals surface area contributed by atoms with E-state index in [0.717, 1.165) is 0 Å². The Hall–Kier alpha value is -3.68. The van der Waals surface area contributed by atoms with E-state index in [1.807, 2.05) is 0 Å². The fourth-order valence-corrected chi connectivity index (χ4v) is 3.00. The van der Waals surface area contributed by atoms with E-state index in [2.05, 4.69) is 0 Å². The Bertz CT molecular complexity index is 1100. The van der Waals surface area contributed by atoms with E-state index in [-0.39, 0.29) is 40.2 Å². The summed E-state index contributed by atoms with van der Waals surface area (Å²) in [5.41, 5.74) is -0.574. The molecule has 0 amide bonds. The van der Waals surface area contributed by atoms with E-state index in [1.165, 1.54) is 49.4 Å². The first kappa shape index (κ1) is 18.1. The second-order valence-corrected chi connectivity index (χ2v) is 6.14. The molecule has 1 aromatic heterocycles. The normalized spacial score (nSPS) is 12.0. The lowest BCUT2D eigenvalue weighted by atomic mass is 9.87. The molecule has 2 N–H and O–H groups in total. The smallest absolute Gasteiger partial charge is 0.343 e. The average molecular weight is 369 g/mol. The summed E-state index contributed by atoms with van der Waals surface area (Å²) in [4.78, 5) is 34.5. The third-order valence-corrected chi connectivity index (χ3v) is 4.24. The molecule has 1 atom stereocenters. The Morgan fingerprint density at radius 2 is 1.85 bits per heavy atom. The molecule has 8 nitrogen and oxygen atoms in total. The molecule has 0 aliphatic heterocycles. The number of phenolic OH excluding ortho intramolecular Hbond substituents is 1. The van der Waals surface area contributed by atoms with Crippen molar-refractivity contribution in [2.24, 2.45) is 0 Å². The number of benzene rings is 2. The second kappa shape index (κ2) is 6.91. The summed E-state index contributed by atoms with van der Waals surface area (Å²) in [5.74, 6) is -1.63. The summed E-state index contributed by atoms with van der Waals surface area (Å²) < 4.78 is 5.23. The molecule has 0 bridgehead atoms. The van der Waals surface area contributed by atoms with Crippen molar-refractivity contribution >= 4 is 22.4 Å². The average Bonchev–Trinajstić information content (AvgIpc) is 2.61. The maximum Gasteiger partial charge on any atom is 0.343 e. The highest BCUT2D eigenvalue weighted by Gasteiger charge is 2.26. The first-order valence-electron chi connectivity index (χ1n) is 8.00. The molecule has 3 aromatic rings. The van der Waals surface area contributed by atoms with Gasteiger partial charge in [0.15, 0.2) is 0 Å². The van der Waals surface area contributed by atoms with Gasteiger partial charge in [0.1, 0.15) is 22.9 Å². The number of nitrogens with zero attached hydrogens (tertiary/aromatic N) is 1. The van der Waals surface area contributed by atoms with Gasteiger partial charge in [0, 0.05) is 24.5 Å². The Kier molecular flexibility index (Phi) is 4.64. The number of carbonyl (C=O) groups is 1. The fraction of sp³-hybridized carbons (Fsp3) is 0.158. The van der Waals surface area contributed by atoms with Gasteiger partial charge < -0.3 is 14.6 Å². The van der Waals surface area contributed by atoms with Gasteiger partial charge >= 0.3 is 5.63 Å². The number of non-ortho nitro benzene ring substituents is 1. The molecule has 0 radical (unpaired) electrons. The number of phenols is 1. The largest absolute Gasteiger partial charge is 0.508 e. The van der Waals surface area contributed by atoms with Gasteiger partial charge in [-0.3, -0.25) is 14.9 Å². The predicted molar refractivity (Wildman–Crippen MR) is 96.1 cm³/mol. The van der Waals surface area contributed by atoms with E-state index in [1.54, 1.807) is 0 Å². The van der Waals surface area contributed by atoms with Crippen LogP contribution in [-0.4, -0.2) is 20.9 Å². The van der Waals surface area contributed by atoms with Crippen molar-refractivity contribution in [1.82, 2.24) is 0 Å². The van der Waals surface area contributed by atoms with Crippen LogP contribution in [0.2, 0.25) is 0 Å². The Morgan fingerprint density at radius 3 is 2.44 bits per heavy atom. The van der Waals surface area contributed by atoms with Crippen LogP contribution < -0.4 is 5.63 Å². The van der Waals surface area contributed by atoms with Crippen LogP contribution in [0.3, 0.4) is 0 Å². The summed E-state index contributed by atoms with van der Waals surface area (Å²) in [5, 5.41) is 31.3. The lowest BCUT2D eigenvalue weighted by Crippen LogP contribution is -2.16. The molecule has 0 aliphatic rings. The van der Waals surface area contributed by atoms with Crippen LogP contribution in [0, 0.1) is 10.1 Å². The van der Waals surface area contributed by atoms with Crippen molar-refractivity contribution in [2.75, 3.05) is 0 Å². The molecule has 0 saturated carbocycles. The van der Waals surface area contributed by atoms with Gasteiger partial charge in [-0.15, -0.1) is 0 Å². The van der Waals surface area contributed by atoms with E-state index >= 15 is 0 Å². The monoisotopic (exact) mass is 369 g/mol. The maximum atomic E-state index is 12.5.